The van der Waals surface area contributed by atoms with Crippen molar-refractivity contribution < 1.29 is 23.8 Å². The van der Waals surface area contributed by atoms with E-state index in [4.69, 9.17) is 14.2 Å². The number of amides is 1. The quantitative estimate of drug-likeness (QED) is 0.782. The van der Waals surface area contributed by atoms with Crippen LogP contribution in [0.5, 0.6) is 11.5 Å². The van der Waals surface area contributed by atoms with Gasteiger partial charge >= 0.3 is 5.97 Å². The van der Waals surface area contributed by atoms with E-state index >= 15 is 0 Å². The maximum absolute atomic E-state index is 12.9. The van der Waals surface area contributed by atoms with E-state index in [2.05, 4.69) is 0 Å². The number of carbonyl (C=O) groups excluding carboxylic acids is 2. The van der Waals surface area contributed by atoms with E-state index < -0.39 is 18.3 Å². The van der Waals surface area contributed by atoms with E-state index in [1.54, 1.807) is 43.3 Å². The average Bonchev–Trinajstić information content (AvgIpc) is 3.09. The Morgan fingerprint density at radius 3 is 2.12 bits per heavy atom. The molecule has 6 nitrogen and oxygen atoms in total. The predicted octanol–water partition coefficient (Wildman–Crippen LogP) is 2.49. The van der Waals surface area contributed by atoms with Crippen molar-refractivity contribution in [2.45, 2.75) is 19.3 Å². The predicted molar refractivity (Wildman–Crippen MR) is 90.4 cm³/mol. The largest absolute Gasteiger partial charge is 0.467 e. The van der Waals surface area contributed by atoms with E-state index in [0.29, 0.717) is 23.6 Å². The molecule has 6 heteroatoms. The van der Waals surface area contributed by atoms with Gasteiger partial charge in [0.2, 0.25) is 6.04 Å². The maximum Gasteiger partial charge on any atom is 0.336 e. The first kappa shape index (κ1) is 16.8. The summed E-state index contributed by atoms with van der Waals surface area (Å²) in [7, 11) is 1.28. The van der Waals surface area contributed by atoms with Crippen LogP contribution in [0, 0.1) is 0 Å². The van der Waals surface area contributed by atoms with Crippen molar-refractivity contribution in [1.29, 1.82) is 0 Å². The van der Waals surface area contributed by atoms with E-state index in [-0.39, 0.29) is 5.91 Å². The number of ether oxygens (including phenoxy) is 3. The summed E-state index contributed by atoms with van der Waals surface area (Å²) in [5.41, 5.74) is 0.480. The molecule has 0 saturated heterocycles. The molecule has 1 amide bonds. The van der Waals surface area contributed by atoms with Gasteiger partial charge in [-0.1, -0.05) is 30.3 Å². The lowest BCUT2D eigenvalue weighted by Crippen LogP contribution is -2.54. The highest BCUT2D eigenvalue weighted by atomic mass is 16.7. The smallest absolute Gasteiger partial charge is 0.336 e. The van der Waals surface area contributed by atoms with E-state index in [1.807, 2.05) is 18.2 Å². The van der Waals surface area contributed by atoms with Crippen molar-refractivity contribution in [2.75, 3.05) is 13.7 Å². The molecule has 25 heavy (non-hydrogen) atoms. The van der Waals surface area contributed by atoms with Gasteiger partial charge in [0.05, 0.1) is 7.11 Å². The van der Waals surface area contributed by atoms with Crippen LogP contribution in [0.3, 0.4) is 0 Å². The number of likely N-dealkylation sites (N-methyl/N-ethyl adjacent to an activating group) is 1. The van der Waals surface area contributed by atoms with Crippen molar-refractivity contribution in [1.82, 2.24) is 4.90 Å². The number of hydrogen-bond donors (Lipinski definition) is 0. The molecule has 0 N–H and O–H groups in total. The molecule has 3 rings (SSSR count). The van der Waals surface area contributed by atoms with Gasteiger partial charge in [0.15, 0.2) is 11.5 Å². The summed E-state index contributed by atoms with van der Waals surface area (Å²) in [6.45, 7) is 2.09. The van der Waals surface area contributed by atoms with Gasteiger partial charge in [-0.15, -0.1) is 0 Å². The molecule has 1 heterocycles. The number of carbonyl (C=O) groups is 2. The Bertz CT molecular complexity index is 736. The van der Waals surface area contributed by atoms with Gasteiger partial charge < -0.3 is 19.1 Å². The van der Waals surface area contributed by atoms with Gasteiger partial charge in [0.25, 0.3) is 12.2 Å². The highest BCUT2D eigenvalue weighted by Crippen LogP contribution is 2.36. The molecule has 1 atom stereocenters. The minimum atomic E-state index is -1.02. The number of methoxy groups -OCH3 is 1. The average molecular weight is 341 g/mol. The number of hydrogen-bond acceptors (Lipinski definition) is 5. The van der Waals surface area contributed by atoms with Crippen LogP contribution in [-0.4, -0.2) is 42.8 Å². The summed E-state index contributed by atoms with van der Waals surface area (Å²) >= 11 is 0. The van der Waals surface area contributed by atoms with E-state index in [1.165, 1.54) is 12.0 Å². The Labute approximate surface area is 145 Å². The molecule has 0 aliphatic carbocycles. The van der Waals surface area contributed by atoms with Crippen LogP contribution in [0.15, 0.2) is 54.6 Å². The maximum atomic E-state index is 12.9. The van der Waals surface area contributed by atoms with Crippen LogP contribution in [0.25, 0.3) is 0 Å². The van der Waals surface area contributed by atoms with Crippen LogP contribution >= 0.6 is 0 Å². The Balaban J connectivity index is 1.90. The fourth-order valence-electron chi connectivity index (χ4n) is 2.77. The second-order valence-electron chi connectivity index (χ2n) is 5.48. The fraction of sp³-hybridized carbons (Fsp3) is 0.263. The van der Waals surface area contributed by atoms with Gasteiger partial charge in [-0.25, -0.2) is 4.79 Å². The fourth-order valence-corrected chi connectivity index (χ4v) is 2.77. The van der Waals surface area contributed by atoms with E-state index in [0.717, 1.165) is 0 Å². The van der Waals surface area contributed by atoms with Gasteiger partial charge in [-0.2, -0.15) is 0 Å². The monoisotopic (exact) mass is 341 g/mol. The van der Waals surface area contributed by atoms with Crippen molar-refractivity contribution in [3.05, 3.63) is 60.2 Å². The Morgan fingerprint density at radius 2 is 1.60 bits per heavy atom. The van der Waals surface area contributed by atoms with Gasteiger partial charge in [0.1, 0.15) is 0 Å². The first-order chi connectivity index (χ1) is 12.2. The molecule has 1 aliphatic rings. The third-order valence-corrected chi connectivity index (χ3v) is 3.99. The van der Waals surface area contributed by atoms with Crippen LogP contribution in [0.2, 0.25) is 0 Å². The molecular weight excluding hydrogens is 322 g/mol. The number of esters is 1. The summed E-state index contributed by atoms with van der Waals surface area (Å²) in [4.78, 5) is 26.7. The third kappa shape index (κ3) is 3.28. The molecule has 0 bridgehead atoms. The minimum absolute atomic E-state index is 0.290. The van der Waals surface area contributed by atoms with Crippen molar-refractivity contribution in [3.63, 3.8) is 0 Å². The van der Waals surface area contributed by atoms with Crippen LogP contribution in [0.1, 0.15) is 17.3 Å². The first-order valence-corrected chi connectivity index (χ1v) is 8.02. The highest BCUT2D eigenvalue weighted by Gasteiger charge is 2.43. The molecule has 2 aromatic rings. The number of benzene rings is 2. The summed E-state index contributed by atoms with van der Waals surface area (Å²) in [6, 6.07) is 14.9. The van der Waals surface area contributed by atoms with Crippen molar-refractivity contribution in [3.8, 4) is 11.5 Å². The lowest BCUT2D eigenvalue weighted by atomic mass is 10.1. The number of fused-ring (bicyclic) bond motifs is 1. The van der Waals surface area contributed by atoms with Crippen molar-refractivity contribution >= 4 is 11.9 Å². The molecule has 0 fully saturated rings. The van der Waals surface area contributed by atoms with E-state index in [9.17, 15) is 9.59 Å². The molecule has 0 aromatic heterocycles. The first-order valence-electron chi connectivity index (χ1n) is 8.02. The zero-order chi connectivity index (χ0) is 17.8. The van der Waals surface area contributed by atoms with Crippen LogP contribution in [-0.2, 0) is 9.53 Å². The van der Waals surface area contributed by atoms with Crippen LogP contribution in [0.4, 0.5) is 0 Å². The topological polar surface area (TPSA) is 65.1 Å². The van der Waals surface area contributed by atoms with Gasteiger partial charge in [-0.05, 0) is 31.2 Å². The molecule has 1 aliphatic heterocycles. The molecule has 130 valence electrons. The standard InChI is InChI=1S/C19H19NO5/c1-3-20(17(21)13-9-5-4-6-10-13)16(18(22)23-2)19-24-14-11-7-8-12-15(14)25-19/h4-12,16,19H,3H2,1-2H3. The zero-order valence-electron chi connectivity index (χ0n) is 14.0. The molecule has 1 unspecified atom stereocenters. The SMILES string of the molecule is CCN(C(=O)c1ccccc1)C(C(=O)OC)C1Oc2ccccc2O1. The number of para-hydroxylation sites is 2. The van der Waals surface area contributed by atoms with Gasteiger partial charge in [0, 0.05) is 12.1 Å². The van der Waals surface area contributed by atoms with Crippen LogP contribution < -0.4 is 9.47 Å². The second kappa shape index (κ2) is 7.25. The molecular formula is C19H19NO5. The Morgan fingerprint density at radius 1 is 1.04 bits per heavy atom. The Kier molecular flexibility index (Phi) is 4.88. The summed E-state index contributed by atoms with van der Waals surface area (Å²) in [6.07, 6.45) is -0.961. The number of rotatable bonds is 5. The molecule has 0 spiro atoms. The third-order valence-electron chi connectivity index (χ3n) is 3.99. The number of nitrogens with zero attached hydrogens (tertiary/aromatic N) is 1. The normalized spacial score (nSPS) is 14.0. The summed E-state index contributed by atoms with van der Waals surface area (Å²) in [5.74, 6) is 0.180. The van der Waals surface area contributed by atoms with Gasteiger partial charge in [-0.3, -0.25) is 4.79 Å². The molecule has 0 saturated carbocycles. The highest BCUT2D eigenvalue weighted by molar-refractivity contribution is 5.97. The lowest BCUT2D eigenvalue weighted by molar-refractivity contribution is -0.154. The summed E-state index contributed by atoms with van der Waals surface area (Å²) in [5, 5.41) is 0. The second-order valence-corrected chi connectivity index (χ2v) is 5.48. The lowest BCUT2D eigenvalue weighted by Gasteiger charge is -2.31. The Hall–Kier alpha value is -3.02. The minimum Gasteiger partial charge on any atom is -0.467 e. The zero-order valence-corrected chi connectivity index (χ0v) is 14.0. The molecule has 0 radical (unpaired) electrons. The van der Waals surface area contributed by atoms with Crippen molar-refractivity contribution in [2.24, 2.45) is 0 Å². The summed E-state index contributed by atoms with van der Waals surface area (Å²) < 4.78 is 16.4. The molecule has 2 aromatic carbocycles.